The highest BCUT2D eigenvalue weighted by Crippen LogP contribution is 2.43. The third-order valence-corrected chi connectivity index (χ3v) is 11.0. The molecule has 0 spiro atoms. The van der Waals surface area contributed by atoms with Gasteiger partial charge in [0, 0.05) is 12.8 Å². The van der Waals surface area contributed by atoms with E-state index in [1.807, 2.05) is 21.1 Å². The summed E-state index contributed by atoms with van der Waals surface area (Å²) in [5.74, 6) is -0.806. The van der Waals surface area contributed by atoms with Gasteiger partial charge in [-0.05, 0) is 57.8 Å². The van der Waals surface area contributed by atoms with E-state index in [0.29, 0.717) is 17.4 Å². The average Bonchev–Trinajstić information content (AvgIpc) is 3.20. The summed E-state index contributed by atoms with van der Waals surface area (Å²) in [5, 5.41) is 0. The largest absolute Gasteiger partial charge is 0.472 e. The molecule has 0 saturated carbocycles. The van der Waals surface area contributed by atoms with Crippen molar-refractivity contribution in [3.63, 3.8) is 0 Å². The zero-order valence-corrected chi connectivity index (χ0v) is 40.1. The molecule has 0 aliphatic heterocycles. The topological polar surface area (TPSA) is 108 Å². The third kappa shape index (κ3) is 45.2. The van der Waals surface area contributed by atoms with Crippen molar-refractivity contribution in [2.75, 3.05) is 47.5 Å². The Hall–Kier alpha value is -2.29. The zero-order chi connectivity index (χ0) is 44.3. The number of hydrogen-bond donors (Lipinski definition) is 1. The minimum atomic E-state index is -4.37. The monoisotopic (exact) mass is 865 g/mol. The van der Waals surface area contributed by atoms with Gasteiger partial charge in [-0.1, -0.05) is 184 Å². The molecule has 0 rings (SSSR count). The zero-order valence-electron chi connectivity index (χ0n) is 39.2. The molecule has 348 valence electrons. The molecule has 60 heavy (non-hydrogen) atoms. The Balaban J connectivity index is 4.05. The maximum Gasteiger partial charge on any atom is 0.472 e. The summed E-state index contributed by atoms with van der Waals surface area (Å²) in [7, 11) is 1.47. The lowest BCUT2D eigenvalue weighted by molar-refractivity contribution is -0.870. The summed E-state index contributed by atoms with van der Waals surface area (Å²) in [4.78, 5) is 35.2. The van der Waals surface area contributed by atoms with Crippen molar-refractivity contribution in [1.82, 2.24) is 0 Å². The van der Waals surface area contributed by atoms with Crippen LogP contribution in [0, 0.1) is 0 Å². The Bertz CT molecular complexity index is 1210. The number of unbranched alkanes of at least 4 members (excludes halogenated alkanes) is 19. The van der Waals surface area contributed by atoms with Gasteiger partial charge < -0.3 is 18.9 Å². The van der Waals surface area contributed by atoms with Crippen LogP contribution in [0.2, 0.25) is 0 Å². The summed E-state index contributed by atoms with van der Waals surface area (Å²) in [6.45, 7) is 4.26. The van der Waals surface area contributed by atoms with Crippen molar-refractivity contribution in [2.45, 2.75) is 200 Å². The maximum atomic E-state index is 12.7. The normalized spacial score (nSPS) is 14.0. The number of esters is 2. The number of phosphoric ester groups is 1. The van der Waals surface area contributed by atoms with Crippen LogP contribution in [0.15, 0.2) is 60.8 Å². The first kappa shape index (κ1) is 57.7. The van der Waals surface area contributed by atoms with Gasteiger partial charge in [0.05, 0.1) is 27.7 Å². The van der Waals surface area contributed by atoms with Gasteiger partial charge in [-0.3, -0.25) is 18.6 Å². The minimum Gasteiger partial charge on any atom is -0.462 e. The number of carbonyl (C=O) groups is 2. The summed E-state index contributed by atoms with van der Waals surface area (Å²) in [6, 6.07) is 0. The van der Waals surface area contributed by atoms with Crippen LogP contribution >= 0.6 is 7.82 Å². The highest BCUT2D eigenvalue weighted by atomic mass is 31.2. The van der Waals surface area contributed by atoms with E-state index in [1.54, 1.807) is 0 Å². The minimum absolute atomic E-state index is 0.0308. The molecular formula is C50H91NO8P+. The molecule has 2 unspecified atom stereocenters. The molecule has 0 aliphatic rings. The van der Waals surface area contributed by atoms with Crippen molar-refractivity contribution in [3.05, 3.63) is 60.8 Å². The van der Waals surface area contributed by atoms with Gasteiger partial charge >= 0.3 is 19.8 Å². The van der Waals surface area contributed by atoms with E-state index in [0.717, 1.165) is 70.6 Å². The fourth-order valence-corrected chi connectivity index (χ4v) is 7.08. The van der Waals surface area contributed by atoms with Crippen LogP contribution in [0.4, 0.5) is 0 Å². The summed E-state index contributed by atoms with van der Waals surface area (Å²) in [5.41, 5.74) is 0. The fourth-order valence-electron chi connectivity index (χ4n) is 6.33. The predicted octanol–water partition coefficient (Wildman–Crippen LogP) is 14.0. The van der Waals surface area contributed by atoms with E-state index in [2.05, 4.69) is 74.6 Å². The molecule has 2 atom stereocenters. The Morgan fingerprint density at radius 3 is 1.42 bits per heavy atom. The molecule has 1 N–H and O–H groups in total. The summed E-state index contributed by atoms with van der Waals surface area (Å²) < 4.78 is 34.2. The van der Waals surface area contributed by atoms with Crippen molar-refractivity contribution in [2.24, 2.45) is 0 Å². The summed E-state index contributed by atoms with van der Waals surface area (Å²) in [6.07, 6.45) is 51.6. The number of likely N-dealkylation sites (N-methyl/N-ethyl adjacent to an activating group) is 1. The molecule has 0 aromatic heterocycles. The Labute approximate surface area is 368 Å². The molecule has 0 heterocycles. The Morgan fingerprint density at radius 2 is 0.950 bits per heavy atom. The van der Waals surface area contributed by atoms with Crippen LogP contribution in [0.5, 0.6) is 0 Å². The molecule has 0 aromatic rings. The number of allylic oxidation sites excluding steroid dienone is 10. The van der Waals surface area contributed by atoms with Crippen LogP contribution in [0.3, 0.4) is 0 Å². The lowest BCUT2D eigenvalue weighted by Crippen LogP contribution is -2.37. The lowest BCUT2D eigenvalue weighted by atomic mass is 10.0. The number of nitrogens with zero attached hydrogens (tertiary/aromatic N) is 1. The molecule has 0 amide bonds. The van der Waals surface area contributed by atoms with Gasteiger partial charge in [0.25, 0.3) is 0 Å². The molecule has 0 fully saturated rings. The van der Waals surface area contributed by atoms with Crippen molar-refractivity contribution < 1.29 is 42.1 Å². The average molecular weight is 865 g/mol. The molecule has 0 aliphatic carbocycles. The number of hydrogen-bond acceptors (Lipinski definition) is 7. The molecule has 0 aromatic carbocycles. The predicted molar refractivity (Wildman–Crippen MR) is 252 cm³/mol. The summed E-state index contributed by atoms with van der Waals surface area (Å²) >= 11 is 0. The Kier molecular flexibility index (Phi) is 40.4. The van der Waals surface area contributed by atoms with Gasteiger partial charge in [-0.2, -0.15) is 0 Å². The number of quaternary nitrogens is 1. The van der Waals surface area contributed by atoms with E-state index < -0.39 is 26.5 Å². The van der Waals surface area contributed by atoms with Crippen LogP contribution < -0.4 is 0 Å². The molecular weight excluding hydrogens is 774 g/mol. The van der Waals surface area contributed by atoms with E-state index in [1.165, 1.54) is 89.9 Å². The first-order chi connectivity index (χ1) is 29.0. The van der Waals surface area contributed by atoms with E-state index in [4.69, 9.17) is 18.5 Å². The van der Waals surface area contributed by atoms with Crippen molar-refractivity contribution in [3.8, 4) is 0 Å². The SMILES string of the molecule is CC/C=C\C/C=C\C/C=C\C/C=C\C/C=C\CCCCCCCCCCCCCCCC(=O)OC(COC(=O)CCCCCCCCC)COP(=O)(O)OCC[N+](C)(C)C. The standard InChI is InChI=1S/C50H90NO8P/c1-6-8-10-12-14-15-16-17-18-19-20-21-22-23-24-25-26-27-28-29-30-31-32-33-34-35-37-39-41-43-50(53)59-48(47-58-60(54,55)57-45-44-51(3,4)5)46-56-49(52)42-40-38-36-13-11-9-7-2/h8,10,14-15,17-18,20-21,23-24,48H,6-7,9,11-13,16,19,22,25-47H2,1-5H3/p+1/b10-8-,15-14-,18-17-,21-20-,24-23-. The van der Waals surface area contributed by atoms with E-state index in [9.17, 15) is 19.0 Å². The van der Waals surface area contributed by atoms with E-state index in [-0.39, 0.29) is 32.0 Å². The molecule has 9 nitrogen and oxygen atoms in total. The number of carbonyl (C=O) groups excluding carboxylic acids is 2. The van der Waals surface area contributed by atoms with Crippen LogP contribution in [-0.2, 0) is 32.7 Å². The van der Waals surface area contributed by atoms with Gasteiger partial charge in [0.2, 0.25) is 0 Å². The number of ether oxygens (including phenoxy) is 2. The van der Waals surface area contributed by atoms with Crippen molar-refractivity contribution >= 4 is 19.8 Å². The second-order valence-corrected chi connectivity index (χ2v) is 18.6. The van der Waals surface area contributed by atoms with Gasteiger partial charge in [0.15, 0.2) is 6.10 Å². The second kappa shape index (κ2) is 42.0. The molecule has 0 bridgehead atoms. The number of rotatable bonds is 43. The van der Waals surface area contributed by atoms with Gasteiger partial charge in [0.1, 0.15) is 19.8 Å². The fraction of sp³-hybridized carbons (Fsp3) is 0.760. The highest BCUT2D eigenvalue weighted by Gasteiger charge is 2.27. The van der Waals surface area contributed by atoms with Crippen LogP contribution in [0.1, 0.15) is 194 Å². The lowest BCUT2D eigenvalue weighted by Gasteiger charge is -2.24. The maximum absolute atomic E-state index is 12.7. The Morgan fingerprint density at radius 1 is 0.533 bits per heavy atom. The van der Waals surface area contributed by atoms with Gasteiger partial charge in [-0.15, -0.1) is 0 Å². The second-order valence-electron chi connectivity index (χ2n) is 17.1. The number of phosphoric acid groups is 1. The highest BCUT2D eigenvalue weighted by molar-refractivity contribution is 7.47. The van der Waals surface area contributed by atoms with Crippen LogP contribution in [0.25, 0.3) is 0 Å². The van der Waals surface area contributed by atoms with Crippen molar-refractivity contribution in [1.29, 1.82) is 0 Å². The van der Waals surface area contributed by atoms with E-state index >= 15 is 0 Å². The smallest absolute Gasteiger partial charge is 0.462 e. The quantitative estimate of drug-likeness (QED) is 0.0212. The first-order valence-electron chi connectivity index (χ1n) is 24.0. The first-order valence-corrected chi connectivity index (χ1v) is 25.5. The molecule has 10 heteroatoms. The molecule has 0 radical (unpaired) electrons. The van der Waals surface area contributed by atoms with Crippen LogP contribution in [-0.4, -0.2) is 74.9 Å². The van der Waals surface area contributed by atoms with Gasteiger partial charge in [-0.25, -0.2) is 4.57 Å². The third-order valence-electron chi connectivity index (χ3n) is 10.1. The molecule has 0 saturated heterocycles.